The average molecular weight is 358 g/mol. The number of nitrogens with zero attached hydrogens (tertiary/aromatic N) is 3. The van der Waals surface area contributed by atoms with E-state index in [1.54, 1.807) is 0 Å². The predicted octanol–water partition coefficient (Wildman–Crippen LogP) is 4.09. The molecule has 0 fully saturated rings. The highest BCUT2D eigenvalue weighted by Gasteiger charge is 2.42. The maximum absolute atomic E-state index is 10.7. The molecular weight excluding hydrogens is 340 g/mol. The standard InChI is InChI=1S/C21H18N4O2/c26-25(27)14-11-23-21(24-12-14)22-10-13-9-19-15-5-1-3-7-17(15)20(13)18-8-4-2-6-16(18)19/h1-8,11-13,19-20H,9-10H2,(H,22,23,24). The van der Waals surface area contributed by atoms with Gasteiger partial charge in [0.05, 0.1) is 4.92 Å². The Balaban J connectivity index is 1.43. The summed E-state index contributed by atoms with van der Waals surface area (Å²) in [6, 6.07) is 17.5. The lowest BCUT2D eigenvalue weighted by Crippen LogP contribution is -2.35. The largest absolute Gasteiger partial charge is 0.354 e. The smallest absolute Gasteiger partial charge is 0.305 e. The zero-order valence-electron chi connectivity index (χ0n) is 14.6. The van der Waals surface area contributed by atoms with E-state index in [9.17, 15) is 10.1 Å². The number of hydrogen-bond donors (Lipinski definition) is 1. The molecule has 6 nitrogen and oxygen atoms in total. The Kier molecular flexibility index (Phi) is 3.63. The van der Waals surface area contributed by atoms with Gasteiger partial charge < -0.3 is 5.32 Å². The molecule has 3 aliphatic rings. The van der Waals surface area contributed by atoms with Crippen molar-refractivity contribution < 1.29 is 4.92 Å². The topological polar surface area (TPSA) is 81.0 Å². The molecule has 3 aliphatic carbocycles. The third kappa shape index (κ3) is 2.56. The highest BCUT2D eigenvalue weighted by atomic mass is 16.6. The third-order valence-corrected chi connectivity index (χ3v) is 5.79. The lowest BCUT2D eigenvalue weighted by Gasteiger charge is -2.45. The number of anilines is 1. The van der Waals surface area contributed by atoms with Crippen LogP contribution in [0.2, 0.25) is 0 Å². The Bertz CT molecular complexity index is 971. The van der Waals surface area contributed by atoms with Gasteiger partial charge in [0.2, 0.25) is 5.95 Å². The first-order chi connectivity index (χ1) is 13.2. The summed E-state index contributed by atoms with van der Waals surface area (Å²) in [6.45, 7) is 0.738. The van der Waals surface area contributed by atoms with Gasteiger partial charge in [-0.1, -0.05) is 48.5 Å². The first-order valence-electron chi connectivity index (χ1n) is 9.10. The van der Waals surface area contributed by atoms with E-state index >= 15 is 0 Å². The van der Waals surface area contributed by atoms with Crippen molar-refractivity contribution in [2.24, 2.45) is 5.92 Å². The van der Waals surface area contributed by atoms with Crippen LogP contribution in [0, 0.1) is 16.0 Å². The van der Waals surface area contributed by atoms with Gasteiger partial charge >= 0.3 is 5.69 Å². The minimum Gasteiger partial charge on any atom is -0.354 e. The SMILES string of the molecule is O=[N+]([O-])c1cnc(NCC2CC3c4ccccc4C2c2ccccc23)nc1. The van der Waals surface area contributed by atoms with E-state index in [-0.39, 0.29) is 5.69 Å². The summed E-state index contributed by atoms with van der Waals surface area (Å²) in [5.41, 5.74) is 5.64. The van der Waals surface area contributed by atoms with E-state index in [1.165, 1.54) is 34.6 Å². The van der Waals surface area contributed by atoms with Crippen LogP contribution in [0.4, 0.5) is 11.6 Å². The zero-order chi connectivity index (χ0) is 18.4. The second-order valence-electron chi connectivity index (χ2n) is 7.19. The summed E-state index contributed by atoms with van der Waals surface area (Å²) in [6.07, 6.45) is 3.57. The minimum atomic E-state index is -0.488. The zero-order valence-corrected chi connectivity index (χ0v) is 14.6. The van der Waals surface area contributed by atoms with Gasteiger partial charge in [0.25, 0.3) is 0 Å². The van der Waals surface area contributed by atoms with Crippen LogP contribution in [0.1, 0.15) is 40.5 Å². The second kappa shape index (κ2) is 6.16. The predicted molar refractivity (Wildman–Crippen MR) is 102 cm³/mol. The number of nitrogens with one attached hydrogen (secondary N) is 1. The van der Waals surface area contributed by atoms with Crippen molar-refractivity contribution in [2.45, 2.75) is 18.3 Å². The van der Waals surface area contributed by atoms with E-state index in [4.69, 9.17) is 0 Å². The highest BCUT2D eigenvalue weighted by Crippen LogP contribution is 2.55. The Labute approximate surface area is 156 Å². The molecule has 1 unspecified atom stereocenters. The summed E-state index contributed by atoms with van der Waals surface area (Å²) < 4.78 is 0. The van der Waals surface area contributed by atoms with Crippen LogP contribution in [0.15, 0.2) is 60.9 Å². The highest BCUT2D eigenvalue weighted by molar-refractivity contribution is 5.56. The molecule has 6 rings (SSSR count). The van der Waals surface area contributed by atoms with Crippen LogP contribution in [0.25, 0.3) is 0 Å². The average Bonchev–Trinajstić information content (AvgIpc) is 2.72. The summed E-state index contributed by atoms with van der Waals surface area (Å²) in [4.78, 5) is 18.4. The van der Waals surface area contributed by atoms with Crippen molar-refractivity contribution in [1.29, 1.82) is 0 Å². The molecule has 0 saturated heterocycles. The van der Waals surface area contributed by atoms with Gasteiger partial charge in [-0.2, -0.15) is 0 Å². The van der Waals surface area contributed by atoms with Crippen molar-refractivity contribution in [2.75, 3.05) is 11.9 Å². The molecule has 2 aromatic carbocycles. The van der Waals surface area contributed by atoms with Crippen molar-refractivity contribution in [3.05, 3.63) is 93.3 Å². The summed E-state index contributed by atoms with van der Waals surface area (Å²) in [5.74, 6) is 1.64. The number of fused-ring (bicyclic) bond motifs is 1. The third-order valence-electron chi connectivity index (χ3n) is 5.79. The van der Waals surface area contributed by atoms with Gasteiger partial charge in [-0.25, -0.2) is 9.97 Å². The van der Waals surface area contributed by atoms with Gasteiger partial charge in [-0.05, 0) is 34.6 Å². The molecule has 0 amide bonds. The molecule has 0 saturated carbocycles. The number of rotatable bonds is 4. The molecule has 2 bridgehead atoms. The maximum Gasteiger partial charge on any atom is 0.305 e. The van der Waals surface area contributed by atoms with Crippen LogP contribution in [-0.2, 0) is 0 Å². The monoisotopic (exact) mass is 358 g/mol. The molecule has 1 aromatic heterocycles. The van der Waals surface area contributed by atoms with Gasteiger partial charge in [0.1, 0.15) is 12.4 Å². The molecule has 27 heavy (non-hydrogen) atoms. The molecule has 3 aromatic rings. The summed E-state index contributed by atoms with van der Waals surface area (Å²) in [5, 5.41) is 14.0. The normalized spacial score (nSPS) is 22.0. The Hall–Kier alpha value is -3.28. The number of hydrogen-bond acceptors (Lipinski definition) is 5. The molecule has 1 N–H and O–H groups in total. The Morgan fingerprint density at radius 2 is 1.52 bits per heavy atom. The first kappa shape index (κ1) is 15.9. The number of aromatic nitrogens is 2. The quantitative estimate of drug-likeness (QED) is 0.561. The van der Waals surface area contributed by atoms with E-state index in [1.807, 2.05) is 0 Å². The minimum absolute atomic E-state index is 0.0971. The van der Waals surface area contributed by atoms with Crippen LogP contribution in [0.5, 0.6) is 0 Å². The molecule has 6 heteroatoms. The van der Waals surface area contributed by atoms with Gasteiger partial charge in [0.15, 0.2) is 0 Å². The molecule has 0 aliphatic heterocycles. The first-order valence-corrected chi connectivity index (χ1v) is 9.10. The van der Waals surface area contributed by atoms with Crippen LogP contribution >= 0.6 is 0 Å². The summed E-state index contributed by atoms with van der Waals surface area (Å²) >= 11 is 0. The second-order valence-corrected chi connectivity index (χ2v) is 7.19. The Morgan fingerprint density at radius 1 is 0.963 bits per heavy atom. The molecule has 134 valence electrons. The van der Waals surface area contributed by atoms with Crippen molar-refractivity contribution in [3.8, 4) is 0 Å². The van der Waals surface area contributed by atoms with Crippen LogP contribution in [0.3, 0.4) is 0 Å². The molecule has 0 radical (unpaired) electrons. The fourth-order valence-electron chi connectivity index (χ4n) is 4.69. The fourth-order valence-corrected chi connectivity index (χ4v) is 4.69. The van der Waals surface area contributed by atoms with E-state index in [0.717, 1.165) is 13.0 Å². The molecule has 0 spiro atoms. The van der Waals surface area contributed by atoms with Crippen molar-refractivity contribution >= 4 is 11.6 Å². The number of benzene rings is 2. The van der Waals surface area contributed by atoms with Gasteiger partial charge in [-0.3, -0.25) is 10.1 Å². The lowest BCUT2D eigenvalue weighted by atomic mass is 9.59. The fraction of sp³-hybridized carbons (Fsp3) is 0.238. The Morgan fingerprint density at radius 3 is 2.07 bits per heavy atom. The molecular formula is C21H18N4O2. The van der Waals surface area contributed by atoms with Crippen LogP contribution < -0.4 is 5.32 Å². The maximum atomic E-state index is 10.7. The molecule has 1 heterocycles. The van der Waals surface area contributed by atoms with Crippen molar-refractivity contribution in [3.63, 3.8) is 0 Å². The number of nitro groups is 1. The van der Waals surface area contributed by atoms with Crippen LogP contribution in [-0.4, -0.2) is 21.4 Å². The van der Waals surface area contributed by atoms with E-state index in [0.29, 0.717) is 23.7 Å². The van der Waals surface area contributed by atoms with E-state index < -0.39 is 4.92 Å². The lowest BCUT2D eigenvalue weighted by molar-refractivity contribution is -0.385. The van der Waals surface area contributed by atoms with Gasteiger partial charge in [0, 0.05) is 18.4 Å². The molecule has 1 atom stereocenters. The summed E-state index contributed by atoms with van der Waals surface area (Å²) in [7, 11) is 0. The van der Waals surface area contributed by atoms with Crippen molar-refractivity contribution in [1.82, 2.24) is 9.97 Å². The van der Waals surface area contributed by atoms with Gasteiger partial charge in [-0.15, -0.1) is 0 Å². The van der Waals surface area contributed by atoms with E-state index in [2.05, 4.69) is 63.8 Å².